The second-order valence-corrected chi connectivity index (χ2v) is 16.1. The van der Waals surface area contributed by atoms with Crippen LogP contribution in [-0.2, 0) is 41.4 Å². The first-order chi connectivity index (χ1) is 26.0. The predicted octanol–water partition coefficient (Wildman–Crippen LogP) is 0.890. The molecule has 9 atom stereocenters. The van der Waals surface area contributed by atoms with Gasteiger partial charge in [-0.05, 0) is 46.0 Å². The molecule has 22 nitrogen and oxygen atoms in total. The number of alkyl carbamates (subject to hydrolysis) is 1. The molecular formula is C31H45N5O17P2. The Bertz CT molecular complexity index is 2030. The zero-order valence-corrected chi connectivity index (χ0v) is 31.8. The Morgan fingerprint density at radius 1 is 0.855 bits per heavy atom. The summed E-state index contributed by atoms with van der Waals surface area (Å²) in [7, 11) is -9.86. The second kappa shape index (κ2) is 18.6. The van der Waals surface area contributed by atoms with Crippen molar-refractivity contribution in [1.82, 2.24) is 24.4 Å². The van der Waals surface area contributed by atoms with E-state index in [-0.39, 0.29) is 36.6 Å². The fraction of sp³-hybridized carbons (Fsp3) is 0.645. The molecule has 0 radical (unpaired) electrons. The monoisotopic (exact) mass is 821 g/mol. The molecule has 5 unspecified atom stereocenters. The highest BCUT2D eigenvalue weighted by atomic mass is 31.2. The van der Waals surface area contributed by atoms with Crippen molar-refractivity contribution in [2.75, 3.05) is 26.4 Å². The molecule has 24 heteroatoms. The van der Waals surface area contributed by atoms with Gasteiger partial charge < -0.3 is 34.4 Å². The smallest absolute Gasteiger partial charge is 0.446 e. The highest BCUT2D eigenvalue weighted by Crippen LogP contribution is 2.50. The lowest BCUT2D eigenvalue weighted by Crippen LogP contribution is -2.33. The van der Waals surface area contributed by atoms with Gasteiger partial charge in [0.15, 0.2) is 0 Å². The molecule has 2 fully saturated rings. The number of allylic oxidation sites excluding steroid dienone is 2. The SMILES string of the molecule is Cc1cn([C@H]2CC(O)[C@@H](COP(=O)(O)OC3C[C@H](n4cc(C)c(=O)[nH]c4=O)O[C@@H]3COP(=O)(O)OCCNC(=O)OC3CC/C=C/CCC3)O2)c(=O)[nH]c1=O. The number of phosphoric ester groups is 2. The number of nitrogens with one attached hydrogen (secondary N) is 3. The zero-order valence-electron chi connectivity index (χ0n) is 30.0. The fourth-order valence-corrected chi connectivity index (χ4v) is 7.78. The van der Waals surface area contributed by atoms with E-state index in [1.165, 1.54) is 26.2 Å². The standard InChI is InChI=1S/C31H45N5O17P2/c1-18-14-35(29(40)33-27(18)38)25-12-21(37)23(51-25)16-49-55(45,46)53-22-13-26(36-15-19(2)28(39)34-30(36)41)52-24(22)17-48-54(43,44)47-11-10-32-31(42)50-20-8-6-4-3-5-7-9-20/h3-4,14-15,20-26,37H,5-13,16-17H2,1-2H3,(H,32,42)(H,43,44)(H,45,46)(H,33,38,40)(H,34,39,41)/b4-3+/t20?,21?,22?,23-,24-,25-,26-/m1/s1. The van der Waals surface area contributed by atoms with E-state index in [0.717, 1.165) is 28.4 Å². The molecule has 5 rings (SSSR count). The Hall–Kier alpha value is -3.53. The summed E-state index contributed by atoms with van der Waals surface area (Å²) in [5.74, 6) is 0. The van der Waals surface area contributed by atoms with Crippen molar-refractivity contribution < 1.29 is 61.1 Å². The summed E-state index contributed by atoms with van der Waals surface area (Å²) in [6.07, 6.45) is 1.52. The lowest BCUT2D eigenvalue weighted by molar-refractivity contribution is -0.0576. The number of aryl methyl sites for hydroxylation is 2. The Kier molecular flexibility index (Phi) is 14.4. The number of aromatic nitrogens is 4. The maximum Gasteiger partial charge on any atom is 0.472 e. The van der Waals surface area contributed by atoms with Crippen LogP contribution in [0.2, 0.25) is 0 Å². The molecule has 55 heavy (non-hydrogen) atoms. The first kappa shape index (κ1) is 42.6. The van der Waals surface area contributed by atoms with Gasteiger partial charge >= 0.3 is 33.1 Å². The summed E-state index contributed by atoms with van der Waals surface area (Å²) in [6, 6.07) is 0. The van der Waals surface area contributed by atoms with E-state index >= 15 is 0 Å². The maximum absolute atomic E-state index is 13.2. The van der Waals surface area contributed by atoms with E-state index in [9.17, 15) is 48.0 Å². The highest BCUT2D eigenvalue weighted by Gasteiger charge is 2.44. The van der Waals surface area contributed by atoms with E-state index in [0.29, 0.717) is 12.8 Å². The molecule has 2 saturated heterocycles. The molecule has 6 N–H and O–H groups in total. The largest absolute Gasteiger partial charge is 0.472 e. The Morgan fingerprint density at radius 3 is 2.11 bits per heavy atom. The molecule has 4 heterocycles. The van der Waals surface area contributed by atoms with Crippen molar-refractivity contribution >= 4 is 21.7 Å². The Morgan fingerprint density at radius 2 is 1.44 bits per heavy atom. The van der Waals surface area contributed by atoms with Gasteiger partial charge in [-0.1, -0.05) is 12.2 Å². The molecule has 0 aromatic carbocycles. The lowest BCUT2D eigenvalue weighted by atomic mass is 10.0. The quantitative estimate of drug-likeness (QED) is 0.0826. The van der Waals surface area contributed by atoms with Gasteiger partial charge in [-0.25, -0.2) is 23.5 Å². The van der Waals surface area contributed by atoms with E-state index < -0.39 is 101 Å². The van der Waals surface area contributed by atoms with Gasteiger partial charge in [-0.15, -0.1) is 0 Å². The molecule has 2 aliphatic heterocycles. The number of aliphatic hydroxyl groups excluding tert-OH is 1. The van der Waals surface area contributed by atoms with Crippen molar-refractivity contribution in [3.63, 3.8) is 0 Å². The average molecular weight is 822 g/mol. The minimum absolute atomic E-state index is 0.122. The van der Waals surface area contributed by atoms with Crippen molar-refractivity contribution in [1.29, 1.82) is 0 Å². The van der Waals surface area contributed by atoms with Crippen molar-refractivity contribution in [3.05, 3.63) is 77.3 Å². The first-order valence-corrected chi connectivity index (χ1v) is 20.5. The van der Waals surface area contributed by atoms with Crippen molar-refractivity contribution in [2.24, 2.45) is 0 Å². The summed E-state index contributed by atoms with van der Waals surface area (Å²) in [5, 5.41) is 13.0. The number of hydrogen-bond acceptors (Lipinski definition) is 15. The van der Waals surface area contributed by atoms with E-state index in [1.807, 2.05) is 6.08 Å². The van der Waals surface area contributed by atoms with Crippen LogP contribution < -0.4 is 27.8 Å². The number of carbonyl (C=O) groups is 1. The van der Waals surface area contributed by atoms with Gasteiger partial charge in [0.2, 0.25) is 0 Å². The topological polar surface area (TPSA) is 298 Å². The lowest BCUT2D eigenvalue weighted by Gasteiger charge is -2.23. The highest BCUT2D eigenvalue weighted by molar-refractivity contribution is 7.47. The molecule has 0 bridgehead atoms. The molecule has 1 aliphatic carbocycles. The molecule has 306 valence electrons. The number of ether oxygens (including phenoxy) is 3. The minimum Gasteiger partial charge on any atom is -0.446 e. The third-order valence-corrected chi connectivity index (χ3v) is 11.0. The van der Waals surface area contributed by atoms with Gasteiger partial charge in [0.1, 0.15) is 36.9 Å². The number of H-pyrrole nitrogens is 2. The molecule has 3 aliphatic rings. The van der Waals surface area contributed by atoms with E-state index in [4.69, 9.17) is 32.3 Å². The molecule has 1 amide bonds. The Labute approximate surface area is 312 Å². The molecule has 2 aromatic rings. The number of amides is 1. The van der Waals surface area contributed by atoms with Gasteiger partial charge in [-0.3, -0.25) is 46.8 Å². The molecular weight excluding hydrogens is 776 g/mol. The normalized spacial score (nSPS) is 28.4. The number of phosphoric acid groups is 2. The van der Waals surface area contributed by atoms with Crippen LogP contribution in [0, 0.1) is 13.8 Å². The van der Waals surface area contributed by atoms with Gasteiger partial charge in [0, 0.05) is 42.9 Å². The summed E-state index contributed by atoms with van der Waals surface area (Å²) in [6.45, 7) is 0.774. The third-order valence-electron chi connectivity index (χ3n) is 8.99. The van der Waals surface area contributed by atoms with Gasteiger partial charge in [0.25, 0.3) is 11.1 Å². The van der Waals surface area contributed by atoms with Crippen LogP contribution in [0.15, 0.2) is 43.7 Å². The van der Waals surface area contributed by atoms with Gasteiger partial charge in [-0.2, -0.15) is 0 Å². The Balaban J connectivity index is 1.17. The van der Waals surface area contributed by atoms with Crippen molar-refractivity contribution in [2.45, 2.75) is 102 Å². The van der Waals surface area contributed by atoms with Crippen LogP contribution in [0.1, 0.15) is 68.5 Å². The minimum atomic E-state index is -5.04. The van der Waals surface area contributed by atoms with E-state index in [2.05, 4.69) is 21.4 Å². The van der Waals surface area contributed by atoms with E-state index in [1.54, 1.807) is 0 Å². The number of rotatable bonds is 15. The number of aromatic amines is 2. The average Bonchev–Trinajstić information content (AvgIpc) is 3.67. The zero-order chi connectivity index (χ0) is 39.9. The molecule has 0 saturated carbocycles. The third kappa shape index (κ3) is 12.0. The number of hydrogen-bond donors (Lipinski definition) is 6. The summed E-state index contributed by atoms with van der Waals surface area (Å²) in [4.78, 5) is 86.0. The first-order valence-electron chi connectivity index (χ1n) is 17.5. The van der Waals surface area contributed by atoms with Crippen LogP contribution in [0.4, 0.5) is 4.79 Å². The maximum atomic E-state index is 13.2. The van der Waals surface area contributed by atoms with Crippen LogP contribution >= 0.6 is 15.6 Å². The number of carbonyl (C=O) groups excluding carboxylic acids is 1. The number of aliphatic hydroxyl groups is 1. The second-order valence-electron chi connectivity index (χ2n) is 13.2. The summed E-state index contributed by atoms with van der Waals surface area (Å²) < 4.78 is 65.3. The summed E-state index contributed by atoms with van der Waals surface area (Å²) >= 11 is 0. The predicted molar refractivity (Wildman–Crippen MR) is 188 cm³/mol. The van der Waals surface area contributed by atoms with Crippen LogP contribution in [0.25, 0.3) is 0 Å². The number of nitrogens with zero attached hydrogens (tertiary/aromatic N) is 2. The van der Waals surface area contributed by atoms with Crippen LogP contribution in [0.3, 0.4) is 0 Å². The van der Waals surface area contributed by atoms with Crippen LogP contribution in [-0.4, -0.2) is 97.0 Å². The molecule has 0 spiro atoms. The fourth-order valence-electron chi connectivity index (χ4n) is 6.09. The van der Waals surface area contributed by atoms with Crippen molar-refractivity contribution in [3.8, 4) is 0 Å². The van der Waals surface area contributed by atoms with Crippen LogP contribution in [0.5, 0.6) is 0 Å². The van der Waals surface area contributed by atoms with Gasteiger partial charge in [0.05, 0.1) is 25.9 Å². The summed E-state index contributed by atoms with van der Waals surface area (Å²) in [5.41, 5.74) is -2.58. The molecule has 2 aromatic heterocycles.